The van der Waals surface area contributed by atoms with Crippen LogP contribution in [0.4, 0.5) is 128 Å². The number of amides is 1. The number of rotatable bonds is 9. The van der Waals surface area contributed by atoms with Gasteiger partial charge in [-0.05, 0) is 185 Å². The molecule has 0 fully saturated rings. The van der Waals surface area contributed by atoms with Gasteiger partial charge in [0.2, 0.25) is 0 Å². The third kappa shape index (κ3) is 26.2. The maximum absolute atomic E-state index is 13.3. The topological polar surface area (TPSA) is 271 Å². The number of carboxylic acid groups (broad SMARTS) is 1. The number of aromatic nitrogens is 4. The van der Waals surface area contributed by atoms with Gasteiger partial charge in [-0.1, -0.05) is 68.7 Å². The van der Waals surface area contributed by atoms with E-state index in [0.29, 0.717) is 89.1 Å². The van der Waals surface area contributed by atoms with Crippen LogP contribution in [0.1, 0.15) is 82.7 Å². The zero-order valence-corrected chi connectivity index (χ0v) is 56.8. The van der Waals surface area contributed by atoms with E-state index in [-0.39, 0.29) is 57.2 Å². The maximum Gasteiger partial charge on any atom is 0.488 e. The molecule has 1 amide bonds. The summed E-state index contributed by atoms with van der Waals surface area (Å²) in [5, 5.41) is 56.0. The lowest BCUT2D eigenvalue weighted by molar-refractivity contribution is -0.385. The summed E-state index contributed by atoms with van der Waals surface area (Å²) >= 11 is 4.43. The van der Waals surface area contributed by atoms with Gasteiger partial charge >= 0.3 is 62.5 Å². The fraction of sp³-hybridized carbons (Fsp3) is 0.169. The summed E-state index contributed by atoms with van der Waals surface area (Å²) in [5.41, 5.74) is -5.21. The minimum Gasteiger partial charge on any atom is -0.476 e. The third-order valence-electron chi connectivity index (χ3n) is 13.7. The molecule has 45 heteroatoms. The maximum atomic E-state index is 13.3. The highest BCUT2D eigenvalue weighted by molar-refractivity contribution is 9.10. The number of benzene rings is 8. The number of nitrogens with two attached hydrogens (primary N) is 1. The summed E-state index contributed by atoms with van der Waals surface area (Å²) in [6.45, 7) is 3.27. The SMILES string of the molecule is C.Cc1nnsc1C(=O)Nc1ccc(-c2cc(C(F)(F)F)ccc2C(F)(F)F)cc1.Cc1snnc1C(=O)O.FC(F)(F)c1ccc(C(F)(F)F)c(Br)c1.Nc1ccc(-c2cc(C(F)(F)F)ccc2C(F)(F)F)cc1.O=[N+]([O-])c1ccc(-c2cc(C(F)(F)F)ccc2C(F)(F)F)cc1.O=[N+]([O-])c1ccc(B(O)O)cc1. The zero-order chi connectivity index (χ0) is 82.5. The van der Waals surface area contributed by atoms with Gasteiger partial charge in [-0.25, -0.2) is 4.79 Å². The molecule has 2 aromatic heterocycles. The predicted octanol–water partition coefficient (Wildman–Crippen LogP) is 21.0. The Morgan fingerprint density at radius 1 is 0.455 bits per heavy atom. The molecule has 0 unspecified atom stereocenters. The van der Waals surface area contributed by atoms with Crippen LogP contribution in [0.5, 0.6) is 0 Å². The van der Waals surface area contributed by atoms with Gasteiger partial charge in [0.25, 0.3) is 17.3 Å². The number of non-ortho nitro benzene ring substituents is 2. The van der Waals surface area contributed by atoms with Crippen molar-refractivity contribution in [1.82, 2.24) is 19.2 Å². The van der Waals surface area contributed by atoms with Gasteiger partial charge in [-0.15, -0.1) is 10.2 Å². The van der Waals surface area contributed by atoms with Crippen LogP contribution in [0, 0.1) is 34.1 Å². The Morgan fingerprint density at radius 2 is 0.773 bits per heavy atom. The number of carbonyl (C=O) groups is 2. The second-order valence-electron chi connectivity index (χ2n) is 21.3. The first-order chi connectivity index (χ1) is 50.0. The smallest absolute Gasteiger partial charge is 0.476 e. The molecule has 0 saturated carbocycles. The van der Waals surface area contributed by atoms with Gasteiger partial charge in [-0.2, -0.15) is 105 Å². The number of aryl methyl sites for hydroxylation is 2. The lowest BCUT2D eigenvalue weighted by Gasteiger charge is -2.16. The molecule has 8 aromatic carbocycles. The molecule has 2 heterocycles. The Morgan fingerprint density at radius 3 is 1.05 bits per heavy atom. The number of nitrogen functional groups attached to an aromatic ring is 1. The first-order valence-electron chi connectivity index (χ1n) is 28.7. The minimum absolute atomic E-state index is 0. The molecule has 110 heavy (non-hydrogen) atoms. The van der Waals surface area contributed by atoms with Crippen molar-refractivity contribution >= 4 is 86.2 Å². The average Bonchev–Trinajstić information content (AvgIpc) is 0.862. The molecule has 0 atom stereocenters. The number of nitrogens with zero attached hydrogens (tertiary/aromatic N) is 6. The molecule has 10 aromatic rings. The first-order valence-corrected chi connectivity index (χ1v) is 31.1. The Balaban J connectivity index is 0.000000288. The number of aromatic carboxylic acids is 1. The van der Waals surface area contributed by atoms with Crippen molar-refractivity contribution in [3.05, 3.63) is 260 Å². The first kappa shape index (κ1) is 91.6. The van der Waals surface area contributed by atoms with Crippen molar-refractivity contribution in [2.24, 2.45) is 0 Å². The molecular weight excluding hydrogens is 1650 g/mol. The number of nitrogens with one attached hydrogen (secondary N) is 1. The molecule has 0 spiro atoms. The summed E-state index contributed by atoms with van der Waals surface area (Å²) < 4.78 is 312. The molecule has 0 bridgehead atoms. The number of anilines is 2. The minimum atomic E-state index is -4.86. The van der Waals surface area contributed by atoms with Crippen LogP contribution in [0.25, 0.3) is 33.4 Å². The highest BCUT2D eigenvalue weighted by Gasteiger charge is 2.41. The molecule has 17 nitrogen and oxygen atoms in total. The number of hydrogen-bond acceptors (Lipinski definition) is 15. The summed E-state index contributed by atoms with van der Waals surface area (Å²) in [6.07, 6.45) is -38.1. The molecule has 0 radical (unpaired) electrons. The molecule has 10 rings (SSSR count). The highest BCUT2D eigenvalue weighted by Crippen LogP contribution is 2.45. The summed E-state index contributed by atoms with van der Waals surface area (Å²) in [7, 11) is -1.58. The van der Waals surface area contributed by atoms with Crippen LogP contribution < -0.4 is 16.5 Å². The second kappa shape index (κ2) is 36.6. The summed E-state index contributed by atoms with van der Waals surface area (Å²) in [6, 6.07) is 23.9. The van der Waals surface area contributed by atoms with E-state index < -0.39 is 144 Å². The molecular formula is C65H44BBrF24N8O9S2. The molecule has 0 aliphatic rings. The van der Waals surface area contributed by atoms with E-state index in [1.807, 2.05) is 0 Å². The van der Waals surface area contributed by atoms with E-state index in [4.69, 9.17) is 20.9 Å². The van der Waals surface area contributed by atoms with Gasteiger partial charge < -0.3 is 26.2 Å². The Hall–Kier alpha value is -10.8. The van der Waals surface area contributed by atoms with Gasteiger partial charge in [0.1, 0.15) is 4.88 Å². The fourth-order valence-electron chi connectivity index (χ4n) is 8.52. The van der Waals surface area contributed by atoms with Crippen LogP contribution in [0.3, 0.4) is 0 Å². The molecule has 588 valence electrons. The van der Waals surface area contributed by atoms with Crippen molar-refractivity contribution in [2.75, 3.05) is 11.1 Å². The second-order valence-corrected chi connectivity index (χ2v) is 23.9. The number of nitro groups is 2. The largest absolute Gasteiger partial charge is 0.488 e. The van der Waals surface area contributed by atoms with Crippen LogP contribution in [0.2, 0.25) is 0 Å². The van der Waals surface area contributed by atoms with Gasteiger partial charge in [0, 0.05) is 40.1 Å². The standard InChI is InChI=1S/C18H11F6N3OS.C14H7F6NO2.C14H9F6N.C8H3BrF6.C6H6BNO4.C4H4N2O2S.CH4/c1-9-15(29-27-26-9)16(28)25-12-5-2-10(3-6-12)13-8-11(17(19,20)21)4-7-14(13)18(22,23)24;15-13(16,17)9-3-6-12(14(18,19)20)11(7-9)8-1-4-10(5-2-8)21(22)23;15-13(16,17)9-3-6-12(14(18,19)20)11(7-9)8-1-4-10(21)5-2-8;9-6-3-4(7(10,11)12)1-2-5(6)8(13,14)15;9-7(10)5-1-3-6(4-2-5)8(11)12;1-2-3(4(7)8)5-6-9-2;/h2-8H,1H3,(H,25,28);1-7H;1-7H,21H2;1-3H;1-4,9-10H;1H3,(H,7,8);1H4. The molecule has 0 aliphatic heterocycles. The normalized spacial score (nSPS) is 11.7. The van der Waals surface area contributed by atoms with Crippen molar-refractivity contribution in [2.45, 2.75) is 70.7 Å². The lowest BCUT2D eigenvalue weighted by Crippen LogP contribution is -2.29. The van der Waals surface area contributed by atoms with Crippen LogP contribution in [0.15, 0.2) is 174 Å². The number of carboxylic acids is 1. The Bertz CT molecular complexity index is 4800. The van der Waals surface area contributed by atoms with Crippen LogP contribution >= 0.6 is 39.0 Å². The van der Waals surface area contributed by atoms with E-state index in [9.17, 15) is 135 Å². The summed E-state index contributed by atoms with van der Waals surface area (Å²) in [4.78, 5) is 42.6. The lowest BCUT2D eigenvalue weighted by atomic mass is 9.80. The monoisotopic (exact) mass is 1690 g/mol. The molecule has 0 aliphatic carbocycles. The Labute approximate surface area is 618 Å². The quantitative estimate of drug-likeness (QED) is 0.0296. The zero-order valence-electron chi connectivity index (χ0n) is 53.6. The molecule has 0 saturated heterocycles. The van der Waals surface area contributed by atoms with Crippen molar-refractivity contribution in [3.63, 3.8) is 0 Å². The Kier molecular flexibility index (Phi) is 30.5. The van der Waals surface area contributed by atoms with Gasteiger partial charge in [0.15, 0.2) is 5.69 Å². The highest BCUT2D eigenvalue weighted by atomic mass is 79.9. The number of carbonyl (C=O) groups excluding carboxylic acids is 1. The number of nitro benzene ring substituents is 2. The van der Waals surface area contributed by atoms with Crippen molar-refractivity contribution in [1.29, 1.82) is 0 Å². The molecule has 6 N–H and O–H groups in total. The predicted molar refractivity (Wildman–Crippen MR) is 355 cm³/mol. The van der Waals surface area contributed by atoms with Crippen molar-refractivity contribution in [3.8, 4) is 33.4 Å². The fourth-order valence-corrected chi connectivity index (χ4v) is 10.1. The van der Waals surface area contributed by atoms with Gasteiger partial charge in [-0.3, -0.25) is 25.0 Å². The van der Waals surface area contributed by atoms with E-state index >= 15 is 0 Å². The van der Waals surface area contributed by atoms with Gasteiger partial charge in [0.05, 0.1) is 64.9 Å². The summed E-state index contributed by atoms with van der Waals surface area (Å²) in [5.74, 6) is -1.51. The number of halogens is 25. The number of hydrogen-bond donors (Lipinski definition) is 5. The van der Waals surface area contributed by atoms with E-state index in [1.165, 1.54) is 72.8 Å². The van der Waals surface area contributed by atoms with Crippen molar-refractivity contribution < 1.29 is 140 Å². The van der Waals surface area contributed by atoms with Crippen LogP contribution in [-0.4, -0.2) is 63.2 Å². The third-order valence-corrected chi connectivity index (χ3v) is 15.9. The average molecular weight is 1690 g/mol. The number of alkyl halides is 24. The van der Waals surface area contributed by atoms with E-state index in [0.717, 1.165) is 47.3 Å². The van der Waals surface area contributed by atoms with Crippen LogP contribution in [-0.2, 0) is 49.4 Å². The van der Waals surface area contributed by atoms with E-state index in [2.05, 4.69) is 40.4 Å². The van der Waals surface area contributed by atoms with E-state index in [1.54, 1.807) is 13.8 Å².